The van der Waals surface area contributed by atoms with E-state index in [9.17, 15) is 13.6 Å². The number of carbonyl (C=O) groups is 1. The molecule has 4 heterocycles. The van der Waals surface area contributed by atoms with Gasteiger partial charge in [-0.25, -0.2) is 8.78 Å². The molecule has 3 aliphatic rings. The van der Waals surface area contributed by atoms with Gasteiger partial charge in [-0.3, -0.25) is 9.48 Å². The lowest BCUT2D eigenvalue weighted by Crippen LogP contribution is -2.26. The monoisotopic (exact) mass is 477 g/mol. The van der Waals surface area contributed by atoms with E-state index in [-0.39, 0.29) is 35.3 Å². The molecule has 2 bridgehead atoms. The van der Waals surface area contributed by atoms with Crippen LogP contribution >= 0.6 is 0 Å². The first-order chi connectivity index (χ1) is 17.1. The number of benzene rings is 2. The summed E-state index contributed by atoms with van der Waals surface area (Å²) in [6, 6.07) is 12.5. The van der Waals surface area contributed by atoms with E-state index in [0.29, 0.717) is 24.5 Å². The van der Waals surface area contributed by atoms with Crippen molar-refractivity contribution in [3.63, 3.8) is 0 Å². The number of aromatic nitrogens is 2. The topological polar surface area (TPSA) is 65.4 Å². The summed E-state index contributed by atoms with van der Waals surface area (Å²) < 4.78 is 42.6. The molecule has 0 saturated carbocycles. The molecule has 2 fully saturated rings. The van der Waals surface area contributed by atoms with Crippen molar-refractivity contribution in [1.82, 2.24) is 9.78 Å². The van der Waals surface area contributed by atoms with Crippen molar-refractivity contribution in [2.75, 3.05) is 18.5 Å². The number of carbonyl (C=O) groups excluding carboxylic acids is 1. The number of ether oxygens (including phenoxy) is 2. The van der Waals surface area contributed by atoms with Crippen molar-refractivity contribution in [3.8, 4) is 11.1 Å². The predicted octanol–water partition coefficient (Wildman–Crippen LogP) is 5.13. The Morgan fingerprint density at radius 1 is 0.943 bits per heavy atom. The Labute approximate surface area is 201 Å². The van der Waals surface area contributed by atoms with Gasteiger partial charge in [0.1, 0.15) is 11.6 Å². The van der Waals surface area contributed by atoms with Crippen LogP contribution < -0.4 is 5.32 Å². The maximum absolute atomic E-state index is 14.9. The number of hydrogen-bond acceptors (Lipinski definition) is 4. The molecule has 8 heteroatoms. The van der Waals surface area contributed by atoms with Crippen molar-refractivity contribution in [2.24, 2.45) is 0 Å². The Hall–Kier alpha value is -3.36. The van der Waals surface area contributed by atoms with E-state index < -0.39 is 11.6 Å². The number of hydrogen-bond donors (Lipinski definition) is 1. The average Bonchev–Trinajstić information content (AvgIpc) is 3.61. The van der Waals surface area contributed by atoms with Gasteiger partial charge in [0, 0.05) is 41.8 Å². The quantitative estimate of drug-likeness (QED) is 0.553. The summed E-state index contributed by atoms with van der Waals surface area (Å²) in [6.07, 6.45) is 4.66. The first-order valence-electron chi connectivity index (χ1n) is 12.0. The molecule has 2 atom stereocenters. The minimum atomic E-state index is -0.608. The second-order valence-electron chi connectivity index (χ2n) is 9.15. The average molecular weight is 478 g/mol. The van der Waals surface area contributed by atoms with Crippen LogP contribution in [0.25, 0.3) is 16.7 Å². The molecule has 1 aromatic heterocycles. The van der Waals surface area contributed by atoms with Crippen LogP contribution in [-0.2, 0) is 14.3 Å². The van der Waals surface area contributed by atoms with Crippen molar-refractivity contribution in [1.29, 1.82) is 0 Å². The van der Waals surface area contributed by atoms with E-state index in [2.05, 4.69) is 10.4 Å². The molecule has 1 N–H and O–H groups in total. The fourth-order valence-corrected chi connectivity index (χ4v) is 5.42. The number of anilines is 1. The number of halogens is 2. The zero-order chi connectivity index (χ0) is 23.9. The highest BCUT2D eigenvalue weighted by molar-refractivity contribution is 6.11. The second kappa shape index (κ2) is 9.02. The fourth-order valence-electron chi connectivity index (χ4n) is 5.42. The second-order valence-corrected chi connectivity index (χ2v) is 9.15. The first kappa shape index (κ1) is 22.1. The number of amides is 1. The molecule has 2 saturated heterocycles. The standard InChI is InChI=1S/C27H25F2N3O3/c28-20-4-2-1-3-18(20)19-6-5-16(15-21(19)29)31-27(33)26-24-8-7-23(35-24)25(26)22-9-12-30-32(22)17-10-13-34-14-11-17/h1-6,9,12,15,17,23-24H,7-8,10-11,13-14H2,(H,31,33)/t23-,24+/m0/s1. The molecule has 180 valence electrons. The molecule has 35 heavy (non-hydrogen) atoms. The molecular weight excluding hydrogens is 452 g/mol. The normalized spacial score (nSPS) is 22.1. The summed E-state index contributed by atoms with van der Waals surface area (Å²) in [6.45, 7) is 1.38. The molecule has 0 aliphatic carbocycles. The molecule has 0 spiro atoms. The fraction of sp³-hybridized carbons (Fsp3) is 0.333. The molecule has 0 unspecified atom stereocenters. The number of nitrogens with one attached hydrogen (secondary N) is 1. The van der Waals surface area contributed by atoms with Crippen LogP contribution in [0.5, 0.6) is 0 Å². The Morgan fingerprint density at radius 2 is 1.71 bits per heavy atom. The van der Waals surface area contributed by atoms with Gasteiger partial charge in [-0.1, -0.05) is 18.2 Å². The Kier molecular flexibility index (Phi) is 5.70. The molecular formula is C27H25F2N3O3. The van der Waals surface area contributed by atoms with Gasteiger partial charge in [0.2, 0.25) is 0 Å². The summed E-state index contributed by atoms with van der Waals surface area (Å²) in [7, 11) is 0. The van der Waals surface area contributed by atoms with E-state index in [0.717, 1.165) is 37.0 Å². The molecule has 6 rings (SSSR count). The molecule has 3 aliphatic heterocycles. The van der Waals surface area contributed by atoms with Crippen LogP contribution in [0, 0.1) is 11.6 Å². The lowest BCUT2D eigenvalue weighted by Gasteiger charge is -2.26. The molecule has 6 nitrogen and oxygen atoms in total. The highest BCUT2D eigenvalue weighted by atomic mass is 19.1. The third-order valence-corrected chi connectivity index (χ3v) is 7.07. The van der Waals surface area contributed by atoms with Gasteiger partial charge in [0.15, 0.2) is 0 Å². The van der Waals surface area contributed by atoms with Crippen LogP contribution in [0.1, 0.15) is 37.4 Å². The van der Waals surface area contributed by atoms with Crippen LogP contribution in [0.3, 0.4) is 0 Å². The Balaban J connectivity index is 1.30. The Morgan fingerprint density at radius 3 is 2.51 bits per heavy atom. The van der Waals surface area contributed by atoms with E-state index in [1.165, 1.54) is 24.3 Å². The lowest BCUT2D eigenvalue weighted by atomic mass is 9.88. The molecule has 0 radical (unpaired) electrons. The highest BCUT2D eigenvalue weighted by Crippen LogP contribution is 2.45. The number of nitrogens with zero attached hydrogens (tertiary/aromatic N) is 2. The van der Waals surface area contributed by atoms with Crippen molar-refractivity contribution in [2.45, 2.75) is 43.9 Å². The van der Waals surface area contributed by atoms with Gasteiger partial charge in [-0.05, 0) is 56.0 Å². The maximum atomic E-state index is 14.9. The zero-order valence-corrected chi connectivity index (χ0v) is 19.0. The minimum Gasteiger partial charge on any atom is -0.381 e. The summed E-state index contributed by atoms with van der Waals surface area (Å²) >= 11 is 0. The number of fused-ring (bicyclic) bond motifs is 2. The van der Waals surface area contributed by atoms with Crippen molar-refractivity contribution >= 4 is 17.2 Å². The predicted molar refractivity (Wildman–Crippen MR) is 127 cm³/mol. The molecule has 3 aromatic rings. The molecule has 2 aromatic carbocycles. The van der Waals surface area contributed by atoms with E-state index in [1.807, 2.05) is 10.7 Å². The van der Waals surface area contributed by atoms with Crippen molar-refractivity contribution < 1.29 is 23.0 Å². The van der Waals surface area contributed by atoms with Gasteiger partial charge in [0.25, 0.3) is 5.91 Å². The third kappa shape index (κ3) is 3.96. The van der Waals surface area contributed by atoms with Crippen molar-refractivity contribution in [3.05, 3.63) is 77.6 Å². The van der Waals surface area contributed by atoms with Crippen LogP contribution in [0.4, 0.5) is 14.5 Å². The van der Waals surface area contributed by atoms with E-state index in [4.69, 9.17) is 9.47 Å². The van der Waals surface area contributed by atoms with Crippen LogP contribution in [0.2, 0.25) is 0 Å². The van der Waals surface area contributed by atoms with Crippen LogP contribution in [-0.4, -0.2) is 41.1 Å². The smallest absolute Gasteiger partial charge is 0.254 e. The summed E-state index contributed by atoms with van der Waals surface area (Å²) in [5.74, 6) is -1.42. The summed E-state index contributed by atoms with van der Waals surface area (Å²) in [4.78, 5) is 13.4. The first-order valence-corrected chi connectivity index (χ1v) is 12.0. The summed E-state index contributed by atoms with van der Waals surface area (Å²) in [5, 5.41) is 7.40. The van der Waals surface area contributed by atoms with E-state index >= 15 is 0 Å². The largest absolute Gasteiger partial charge is 0.381 e. The third-order valence-electron chi connectivity index (χ3n) is 7.07. The summed E-state index contributed by atoms with van der Waals surface area (Å²) in [5.41, 5.74) is 2.97. The highest BCUT2D eigenvalue weighted by Gasteiger charge is 2.45. The number of rotatable bonds is 5. The van der Waals surface area contributed by atoms with Crippen LogP contribution in [0.15, 0.2) is 60.3 Å². The zero-order valence-electron chi connectivity index (χ0n) is 19.0. The maximum Gasteiger partial charge on any atom is 0.254 e. The van der Waals surface area contributed by atoms with Gasteiger partial charge in [-0.15, -0.1) is 0 Å². The minimum absolute atomic E-state index is 0.143. The van der Waals surface area contributed by atoms with Gasteiger partial charge in [0.05, 0.1) is 29.5 Å². The van der Waals surface area contributed by atoms with E-state index in [1.54, 1.807) is 24.4 Å². The molecule has 1 amide bonds. The van der Waals surface area contributed by atoms with Gasteiger partial charge < -0.3 is 14.8 Å². The SMILES string of the molecule is O=C(Nc1ccc(-c2ccccc2F)c(F)c1)C1=C(c2ccnn2C2CCOCC2)[C@@H]2CC[C@H]1O2. The van der Waals surface area contributed by atoms with Gasteiger partial charge in [-0.2, -0.15) is 5.10 Å². The van der Waals surface area contributed by atoms with Gasteiger partial charge >= 0.3 is 0 Å². The lowest BCUT2D eigenvalue weighted by molar-refractivity contribution is -0.113. The Bertz CT molecular complexity index is 1310.